The number of amides is 1. The van der Waals surface area contributed by atoms with Crippen LogP contribution in [0.4, 0.5) is 0 Å². The van der Waals surface area contributed by atoms with Crippen LogP contribution < -0.4 is 4.74 Å². The Kier molecular flexibility index (Phi) is 4.11. The van der Waals surface area contributed by atoms with Crippen LogP contribution in [0.3, 0.4) is 0 Å². The van der Waals surface area contributed by atoms with E-state index in [1.54, 1.807) is 20.0 Å². The van der Waals surface area contributed by atoms with E-state index in [-0.39, 0.29) is 5.91 Å². The molecule has 84 valence electrons. The molecule has 0 fully saturated rings. The van der Waals surface area contributed by atoms with Gasteiger partial charge in [0.25, 0.3) is 5.91 Å². The van der Waals surface area contributed by atoms with Gasteiger partial charge in [0.15, 0.2) is 0 Å². The van der Waals surface area contributed by atoms with E-state index in [1.165, 1.54) is 23.3 Å². The second kappa shape index (κ2) is 5.14. The highest BCUT2D eigenvalue weighted by atomic mass is 32.1. The molecule has 0 aliphatic carbocycles. The second-order valence-corrected chi connectivity index (χ2v) is 4.27. The highest BCUT2D eigenvalue weighted by Crippen LogP contribution is 2.25. The van der Waals surface area contributed by atoms with Crippen molar-refractivity contribution in [2.45, 2.75) is 13.0 Å². The van der Waals surface area contributed by atoms with E-state index in [0.29, 0.717) is 17.2 Å². The minimum Gasteiger partial charge on any atom is -0.495 e. The largest absolute Gasteiger partial charge is 0.495 e. The Morgan fingerprint density at radius 2 is 2.40 bits per heavy atom. The van der Waals surface area contributed by atoms with Gasteiger partial charge in [-0.1, -0.05) is 0 Å². The first kappa shape index (κ1) is 12.0. The molecular weight excluding hydrogens is 214 g/mol. The maximum absolute atomic E-state index is 11.9. The molecule has 5 heteroatoms. The van der Waals surface area contributed by atoms with E-state index >= 15 is 0 Å². The molecule has 1 atom stereocenters. The molecular formula is C10H15NO3S. The Labute approximate surface area is 93.1 Å². The summed E-state index contributed by atoms with van der Waals surface area (Å²) in [6.07, 6.45) is -0.523. The summed E-state index contributed by atoms with van der Waals surface area (Å²) in [5.41, 5.74) is 0. The monoisotopic (exact) mass is 229 g/mol. The minimum atomic E-state index is -0.523. The van der Waals surface area contributed by atoms with Crippen LogP contribution in [0.15, 0.2) is 11.4 Å². The third-order valence-corrected chi connectivity index (χ3v) is 2.81. The topological polar surface area (TPSA) is 49.8 Å². The number of thiophene rings is 1. The number of hydrogen-bond acceptors (Lipinski definition) is 4. The lowest BCUT2D eigenvalue weighted by molar-refractivity contribution is 0.0705. The van der Waals surface area contributed by atoms with Gasteiger partial charge in [0.1, 0.15) is 10.6 Å². The van der Waals surface area contributed by atoms with E-state index in [9.17, 15) is 9.90 Å². The standard InChI is InChI=1S/C10H15NO3S/c1-7(12)6-11(2)10(13)9-8(14-3)4-5-15-9/h4-5,7,12H,6H2,1-3H3. The highest BCUT2D eigenvalue weighted by molar-refractivity contribution is 7.12. The van der Waals surface area contributed by atoms with Gasteiger partial charge >= 0.3 is 0 Å². The van der Waals surface area contributed by atoms with Crippen LogP contribution >= 0.6 is 11.3 Å². The van der Waals surface area contributed by atoms with Gasteiger partial charge in [0.2, 0.25) is 0 Å². The van der Waals surface area contributed by atoms with Gasteiger partial charge in [-0.05, 0) is 18.4 Å². The minimum absolute atomic E-state index is 0.122. The van der Waals surface area contributed by atoms with Crippen LogP contribution in [0, 0.1) is 0 Å². The summed E-state index contributed by atoms with van der Waals surface area (Å²) in [4.78, 5) is 13.9. The molecule has 0 saturated heterocycles. The van der Waals surface area contributed by atoms with E-state index in [0.717, 1.165) is 0 Å². The second-order valence-electron chi connectivity index (χ2n) is 3.35. The fourth-order valence-electron chi connectivity index (χ4n) is 1.27. The van der Waals surface area contributed by atoms with Crippen molar-refractivity contribution in [3.8, 4) is 5.75 Å². The summed E-state index contributed by atoms with van der Waals surface area (Å²) in [7, 11) is 3.20. The molecule has 1 rings (SSSR count). The number of methoxy groups -OCH3 is 1. The summed E-state index contributed by atoms with van der Waals surface area (Å²) in [5.74, 6) is 0.463. The van der Waals surface area contributed by atoms with Crippen molar-refractivity contribution in [1.82, 2.24) is 4.90 Å². The number of carbonyl (C=O) groups is 1. The molecule has 0 spiro atoms. The van der Waals surface area contributed by atoms with Gasteiger partial charge in [-0.3, -0.25) is 4.79 Å². The zero-order chi connectivity index (χ0) is 11.4. The molecule has 0 aliphatic heterocycles. The third-order valence-electron chi connectivity index (χ3n) is 1.93. The first-order valence-corrected chi connectivity index (χ1v) is 5.49. The number of rotatable bonds is 4. The molecule has 1 heterocycles. The van der Waals surface area contributed by atoms with Crippen LogP contribution in [-0.4, -0.2) is 42.7 Å². The number of nitrogens with zero attached hydrogens (tertiary/aromatic N) is 1. The van der Waals surface area contributed by atoms with E-state index in [2.05, 4.69) is 0 Å². The smallest absolute Gasteiger partial charge is 0.267 e. The van der Waals surface area contributed by atoms with Gasteiger partial charge in [-0.25, -0.2) is 0 Å². The van der Waals surface area contributed by atoms with Gasteiger partial charge in [-0.15, -0.1) is 11.3 Å². The van der Waals surface area contributed by atoms with E-state index < -0.39 is 6.10 Å². The fraction of sp³-hybridized carbons (Fsp3) is 0.500. The van der Waals surface area contributed by atoms with Crippen LogP contribution in [-0.2, 0) is 0 Å². The van der Waals surface area contributed by atoms with Crippen molar-refractivity contribution in [1.29, 1.82) is 0 Å². The maximum atomic E-state index is 11.9. The Morgan fingerprint density at radius 1 is 1.73 bits per heavy atom. The van der Waals surface area contributed by atoms with E-state index in [1.807, 2.05) is 5.38 Å². The molecule has 1 unspecified atom stereocenters. The molecule has 15 heavy (non-hydrogen) atoms. The van der Waals surface area contributed by atoms with Crippen molar-refractivity contribution >= 4 is 17.2 Å². The Bertz CT molecular complexity index is 335. The Balaban J connectivity index is 2.76. The predicted molar refractivity (Wildman–Crippen MR) is 59.5 cm³/mol. The number of carbonyl (C=O) groups excluding carboxylic acids is 1. The molecule has 1 N–H and O–H groups in total. The number of aliphatic hydroxyl groups is 1. The Hall–Kier alpha value is -1.07. The summed E-state index contributed by atoms with van der Waals surface area (Å²) in [5, 5.41) is 11.0. The van der Waals surface area contributed by atoms with Crippen LogP contribution in [0.5, 0.6) is 5.75 Å². The average Bonchev–Trinajstić information content (AvgIpc) is 2.62. The molecule has 0 radical (unpaired) electrons. The third kappa shape index (κ3) is 2.94. The first-order valence-electron chi connectivity index (χ1n) is 4.61. The number of likely N-dealkylation sites (N-methyl/N-ethyl adjacent to an activating group) is 1. The Morgan fingerprint density at radius 3 is 2.93 bits per heavy atom. The van der Waals surface area contributed by atoms with Gasteiger partial charge in [-0.2, -0.15) is 0 Å². The zero-order valence-corrected chi connectivity index (χ0v) is 9.87. The predicted octanol–water partition coefficient (Wildman–Crippen LogP) is 1.21. The lowest BCUT2D eigenvalue weighted by atomic mass is 10.3. The van der Waals surface area contributed by atoms with Crippen molar-refractivity contribution in [2.75, 3.05) is 20.7 Å². The number of hydrogen-bond donors (Lipinski definition) is 1. The number of aliphatic hydroxyl groups excluding tert-OH is 1. The van der Waals surface area contributed by atoms with Crippen LogP contribution in [0.2, 0.25) is 0 Å². The van der Waals surface area contributed by atoms with E-state index in [4.69, 9.17) is 4.74 Å². The summed E-state index contributed by atoms with van der Waals surface area (Å²) < 4.78 is 5.06. The fourth-order valence-corrected chi connectivity index (χ4v) is 2.12. The first-order chi connectivity index (χ1) is 7.06. The molecule has 1 aromatic heterocycles. The van der Waals surface area contributed by atoms with Gasteiger partial charge in [0.05, 0.1) is 13.2 Å². The van der Waals surface area contributed by atoms with Crippen LogP contribution in [0.25, 0.3) is 0 Å². The maximum Gasteiger partial charge on any atom is 0.267 e. The van der Waals surface area contributed by atoms with Gasteiger partial charge in [0, 0.05) is 13.6 Å². The summed E-state index contributed by atoms with van der Waals surface area (Å²) >= 11 is 1.34. The van der Waals surface area contributed by atoms with Crippen molar-refractivity contribution in [2.24, 2.45) is 0 Å². The number of ether oxygens (including phenoxy) is 1. The molecule has 0 aliphatic rings. The molecule has 0 aromatic carbocycles. The quantitative estimate of drug-likeness (QED) is 0.844. The average molecular weight is 229 g/mol. The molecule has 0 bridgehead atoms. The molecule has 0 saturated carbocycles. The zero-order valence-electron chi connectivity index (χ0n) is 9.06. The van der Waals surface area contributed by atoms with Gasteiger partial charge < -0.3 is 14.7 Å². The van der Waals surface area contributed by atoms with Crippen molar-refractivity contribution < 1.29 is 14.6 Å². The lowest BCUT2D eigenvalue weighted by Gasteiger charge is -2.18. The van der Waals surface area contributed by atoms with Crippen molar-refractivity contribution in [3.63, 3.8) is 0 Å². The molecule has 1 aromatic rings. The molecule has 1 amide bonds. The van der Waals surface area contributed by atoms with Crippen molar-refractivity contribution in [3.05, 3.63) is 16.3 Å². The molecule has 4 nitrogen and oxygen atoms in total. The highest BCUT2D eigenvalue weighted by Gasteiger charge is 2.18. The summed E-state index contributed by atoms with van der Waals surface area (Å²) in [6.45, 7) is 1.97. The van der Waals surface area contributed by atoms with Crippen LogP contribution in [0.1, 0.15) is 16.6 Å². The SMILES string of the molecule is COc1ccsc1C(=O)N(C)CC(C)O. The normalized spacial score (nSPS) is 12.3. The lowest BCUT2D eigenvalue weighted by Crippen LogP contribution is -2.32. The summed E-state index contributed by atoms with van der Waals surface area (Å²) in [6, 6.07) is 1.76.